The maximum Gasteiger partial charge on any atom is 0.241 e. The molecule has 2 rings (SSSR count). The third-order valence-corrected chi connectivity index (χ3v) is 4.59. The predicted octanol–water partition coefficient (Wildman–Crippen LogP) is 2.53. The number of carbonyl (C=O) groups excluding carboxylic acids is 2. The number of likely N-dealkylation sites (N-methyl/N-ethyl adjacent to an activating group) is 1. The zero-order valence-electron chi connectivity index (χ0n) is 14.7. The summed E-state index contributed by atoms with van der Waals surface area (Å²) in [6.45, 7) is 2.98. The van der Waals surface area contributed by atoms with Crippen molar-refractivity contribution in [3.63, 3.8) is 0 Å². The highest BCUT2D eigenvalue weighted by Gasteiger charge is 2.21. The Hall–Kier alpha value is -2.04. The topological polar surface area (TPSA) is 58.6 Å². The zero-order chi connectivity index (χ0) is 17.4. The molecule has 0 saturated heterocycles. The van der Waals surface area contributed by atoms with Gasteiger partial charge in [-0.15, -0.1) is 0 Å². The average molecular weight is 332 g/mol. The molecule has 1 aromatic carbocycles. The van der Waals surface area contributed by atoms with Gasteiger partial charge in [0.15, 0.2) is 0 Å². The Morgan fingerprint density at radius 2 is 1.92 bits per heavy atom. The van der Waals surface area contributed by atoms with E-state index in [9.17, 15) is 9.59 Å². The zero-order valence-corrected chi connectivity index (χ0v) is 14.7. The Bertz CT molecular complexity index is 553. The summed E-state index contributed by atoms with van der Waals surface area (Å²) in [6, 6.07) is 7.80. The first-order valence-electron chi connectivity index (χ1n) is 8.78. The molecule has 0 radical (unpaired) electrons. The molecule has 1 aliphatic carbocycles. The molecule has 1 fully saturated rings. The van der Waals surface area contributed by atoms with Crippen LogP contribution in [0.5, 0.6) is 5.75 Å². The number of benzene rings is 1. The van der Waals surface area contributed by atoms with Gasteiger partial charge in [0.05, 0.1) is 13.1 Å². The van der Waals surface area contributed by atoms with Gasteiger partial charge in [-0.1, -0.05) is 37.5 Å². The molecule has 0 unspecified atom stereocenters. The van der Waals surface area contributed by atoms with Crippen LogP contribution in [0.4, 0.5) is 0 Å². The Labute approximate surface area is 144 Å². The normalized spacial score (nSPS) is 14.9. The van der Waals surface area contributed by atoms with Gasteiger partial charge in [-0.05, 0) is 31.4 Å². The smallest absolute Gasteiger partial charge is 0.241 e. The number of amides is 2. The Kier molecular flexibility index (Phi) is 7.09. The van der Waals surface area contributed by atoms with Crippen LogP contribution in [0.2, 0.25) is 0 Å². The summed E-state index contributed by atoms with van der Waals surface area (Å²) in [5, 5.41) is 2.78. The quantitative estimate of drug-likeness (QED) is 0.835. The van der Waals surface area contributed by atoms with E-state index in [1.54, 1.807) is 11.9 Å². The van der Waals surface area contributed by atoms with Gasteiger partial charge >= 0.3 is 0 Å². The van der Waals surface area contributed by atoms with E-state index >= 15 is 0 Å². The number of nitrogens with zero attached hydrogens (tertiary/aromatic N) is 1. The summed E-state index contributed by atoms with van der Waals surface area (Å²) < 4.78 is 5.70. The number of para-hydroxylation sites is 1. The second kappa shape index (κ2) is 9.30. The molecule has 0 spiro atoms. The van der Waals surface area contributed by atoms with E-state index < -0.39 is 0 Å². The molecule has 0 aliphatic heterocycles. The van der Waals surface area contributed by atoms with Gasteiger partial charge in [-0.2, -0.15) is 0 Å². The monoisotopic (exact) mass is 332 g/mol. The van der Waals surface area contributed by atoms with Gasteiger partial charge in [0.25, 0.3) is 0 Å². The van der Waals surface area contributed by atoms with Crippen LogP contribution in [0, 0.1) is 12.8 Å². The van der Waals surface area contributed by atoms with Crippen LogP contribution in [-0.2, 0) is 9.59 Å². The lowest BCUT2D eigenvalue weighted by molar-refractivity contribution is -0.133. The van der Waals surface area contributed by atoms with E-state index in [2.05, 4.69) is 5.32 Å². The number of hydrogen-bond donors (Lipinski definition) is 1. The minimum absolute atomic E-state index is 0.0209. The van der Waals surface area contributed by atoms with Crippen molar-refractivity contribution in [3.05, 3.63) is 29.8 Å². The van der Waals surface area contributed by atoms with Gasteiger partial charge < -0.3 is 15.0 Å². The van der Waals surface area contributed by atoms with Crippen LogP contribution in [0.1, 0.15) is 37.7 Å². The lowest BCUT2D eigenvalue weighted by Gasteiger charge is -2.22. The number of carbonyl (C=O) groups is 2. The highest BCUT2D eigenvalue weighted by Crippen LogP contribution is 2.23. The molecule has 0 atom stereocenters. The van der Waals surface area contributed by atoms with Crippen LogP contribution < -0.4 is 10.1 Å². The van der Waals surface area contributed by atoms with E-state index in [1.807, 2.05) is 31.2 Å². The first-order chi connectivity index (χ1) is 11.6. The summed E-state index contributed by atoms with van der Waals surface area (Å²) in [4.78, 5) is 25.7. The van der Waals surface area contributed by atoms with Gasteiger partial charge in [-0.3, -0.25) is 9.59 Å². The second-order valence-electron chi connectivity index (χ2n) is 6.48. The lowest BCUT2D eigenvalue weighted by atomic mass is 9.89. The number of rotatable bonds is 7. The molecule has 0 aromatic heterocycles. The third-order valence-electron chi connectivity index (χ3n) is 4.59. The van der Waals surface area contributed by atoms with Crippen molar-refractivity contribution in [1.29, 1.82) is 0 Å². The molecule has 5 heteroatoms. The van der Waals surface area contributed by atoms with Crippen molar-refractivity contribution in [1.82, 2.24) is 10.2 Å². The molecule has 1 N–H and O–H groups in total. The Morgan fingerprint density at radius 1 is 1.21 bits per heavy atom. The molecular formula is C19H28N2O3. The minimum Gasteiger partial charge on any atom is -0.491 e. The fourth-order valence-electron chi connectivity index (χ4n) is 2.94. The first-order valence-corrected chi connectivity index (χ1v) is 8.78. The van der Waals surface area contributed by atoms with Gasteiger partial charge in [0, 0.05) is 13.0 Å². The Morgan fingerprint density at radius 3 is 2.62 bits per heavy atom. The maximum absolute atomic E-state index is 12.1. The molecule has 1 aromatic rings. The predicted molar refractivity (Wildman–Crippen MR) is 93.9 cm³/mol. The largest absolute Gasteiger partial charge is 0.491 e. The molecule has 1 saturated carbocycles. The van der Waals surface area contributed by atoms with Gasteiger partial charge in [0.1, 0.15) is 12.4 Å². The number of nitrogens with one attached hydrogen (secondary N) is 1. The standard InChI is InChI=1S/C19H28N2O3/c1-15-8-6-7-11-17(15)24-13-12-21(2)18(22)14-20-19(23)16-9-4-3-5-10-16/h6-8,11,16H,3-5,9-10,12-14H2,1-2H3,(H,20,23). The summed E-state index contributed by atoms with van der Waals surface area (Å²) in [5.74, 6) is 0.852. The molecule has 2 amide bonds. The van der Waals surface area contributed by atoms with Gasteiger partial charge in [0.2, 0.25) is 11.8 Å². The summed E-state index contributed by atoms with van der Waals surface area (Å²) in [6.07, 6.45) is 5.33. The fourth-order valence-corrected chi connectivity index (χ4v) is 2.94. The molecule has 1 aliphatic rings. The van der Waals surface area contributed by atoms with Crippen molar-refractivity contribution in [2.75, 3.05) is 26.7 Å². The number of hydrogen-bond acceptors (Lipinski definition) is 3. The SMILES string of the molecule is Cc1ccccc1OCCN(C)C(=O)CNC(=O)C1CCCCC1. The van der Waals surface area contributed by atoms with Crippen LogP contribution in [0.3, 0.4) is 0 Å². The van der Waals surface area contributed by atoms with E-state index in [4.69, 9.17) is 4.74 Å². The average Bonchev–Trinajstić information content (AvgIpc) is 2.61. The van der Waals surface area contributed by atoms with Crippen molar-refractivity contribution in [2.24, 2.45) is 5.92 Å². The highest BCUT2D eigenvalue weighted by atomic mass is 16.5. The van der Waals surface area contributed by atoms with E-state index in [0.717, 1.165) is 37.0 Å². The second-order valence-corrected chi connectivity index (χ2v) is 6.48. The summed E-state index contributed by atoms with van der Waals surface area (Å²) in [7, 11) is 1.73. The molecule has 132 valence electrons. The third kappa shape index (κ3) is 5.55. The Balaban J connectivity index is 1.66. The van der Waals surface area contributed by atoms with Crippen LogP contribution >= 0.6 is 0 Å². The fraction of sp³-hybridized carbons (Fsp3) is 0.579. The maximum atomic E-state index is 12.1. The van der Waals surface area contributed by atoms with Crippen molar-refractivity contribution < 1.29 is 14.3 Å². The number of aryl methyl sites for hydroxylation is 1. The molecule has 5 nitrogen and oxygen atoms in total. The molecule has 0 heterocycles. The van der Waals surface area contributed by atoms with E-state index in [0.29, 0.717) is 13.2 Å². The highest BCUT2D eigenvalue weighted by molar-refractivity contribution is 5.85. The molecule has 24 heavy (non-hydrogen) atoms. The van der Waals surface area contributed by atoms with E-state index in [-0.39, 0.29) is 24.3 Å². The summed E-state index contributed by atoms with van der Waals surface area (Å²) >= 11 is 0. The van der Waals surface area contributed by atoms with Crippen LogP contribution in [0.15, 0.2) is 24.3 Å². The van der Waals surface area contributed by atoms with Crippen molar-refractivity contribution >= 4 is 11.8 Å². The molecule has 0 bridgehead atoms. The number of ether oxygens (including phenoxy) is 1. The van der Waals surface area contributed by atoms with E-state index in [1.165, 1.54) is 6.42 Å². The molecular weight excluding hydrogens is 304 g/mol. The van der Waals surface area contributed by atoms with Crippen LogP contribution in [0.25, 0.3) is 0 Å². The summed E-state index contributed by atoms with van der Waals surface area (Å²) in [5.41, 5.74) is 1.08. The lowest BCUT2D eigenvalue weighted by Crippen LogP contribution is -2.42. The minimum atomic E-state index is -0.0902. The van der Waals surface area contributed by atoms with Crippen LogP contribution in [-0.4, -0.2) is 43.5 Å². The van der Waals surface area contributed by atoms with Crippen molar-refractivity contribution in [3.8, 4) is 5.75 Å². The van der Waals surface area contributed by atoms with Crippen molar-refractivity contribution in [2.45, 2.75) is 39.0 Å². The van der Waals surface area contributed by atoms with Gasteiger partial charge in [-0.25, -0.2) is 0 Å². The first kappa shape index (κ1) is 18.3.